The van der Waals surface area contributed by atoms with Gasteiger partial charge in [-0.25, -0.2) is 8.78 Å². The number of benzene rings is 1. The molecule has 34 heavy (non-hydrogen) atoms. The van der Waals surface area contributed by atoms with Crippen molar-refractivity contribution in [2.75, 3.05) is 6.61 Å². The molecule has 7 heteroatoms. The molecule has 0 aromatic heterocycles. The molecule has 0 N–H and O–H groups in total. The summed E-state index contributed by atoms with van der Waals surface area (Å²) in [6.07, 6.45) is 14.4. The van der Waals surface area contributed by atoms with Gasteiger partial charge >= 0.3 is 11.9 Å². The summed E-state index contributed by atoms with van der Waals surface area (Å²) in [5.74, 6) is -7.28. The van der Waals surface area contributed by atoms with Crippen molar-refractivity contribution in [2.45, 2.75) is 111 Å². The summed E-state index contributed by atoms with van der Waals surface area (Å²) in [6, 6.07) is 1.48. The SMILES string of the molecule is CCCCCCCCCCCCCCOC(=O)C(CC)(CC)C(=O)Oc1ccc(F)c(F)c1F. The molecule has 0 aliphatic carbocycles. The maximum absolute atomic E-state index is 13.9. The van der Waals surface area contributed by atoms with Gasteiger partial charge in [-0.05, 0) is 31.4 Å². The van der Waals surface area contributed by atoms with Crippen molar-refractivity contribution in [2.24, 2.45) is 5.41 Å². The zero-order valence-corrected chi connectivity index (χ0v) is 21.0. The van der Waals surface area contributed by atoms with Crippen LogP contribution in [0.5, 0.6) is 5.75 Å². The Morgan fingerprint density at radius 3 is 1.71 bits per heavy atom. The molecule has 0 amide bonds. The average molecular weight is 487 g/mol. The molecule has 4 nitrogen and oxygen atoms in total. The highest BCUT2D eigenvalue weighted by molar-refractivity contribution is 6.00. The number of hydrogen-bond acceptors (Lipinski definition) is 4. The monoisotopic (exact) mass is 486 g/mol. The first-order valence-corrected chi connectivity index (χ1v) is 12.9. The predicted octanol–water partition coefficient (Wildman–Crippen LogP) is 8.06. The van der Waals surface area contributed by atoms with Crippen molar-refractivity contribution in [1.82, 2.24) is 0 Å². The number of hydrogen-bond donors (Lipinski definition) is 0. The number of carbonyl (C=O) groups is 2. The Labute approximate surface area is 202 Å². The van der Waals surface area contributed by atoms with Gasteiger partial charge in [-0.15, -0.1) is 0 Å². The first kappa shape index (κ1) is 30.0. The Bertz CT molecular complexity index is 748. The fourth-order valence-corrected chi connectivity index (χ4v) is 3.94. The molecule has 0 saturated heterocycles. The summed E-state index contributed by atoms with van der Waals surface area (Å²) in [6.45, 7) is 5.65. The van der Waals surface area contributed by atoms with Crippen LogP contribution in [0.1, 0.15) is 111 Å². The molecule has 0 bridgehead atoms. The zero-order valence-electron chi connectivity index (χ0n) is 21.0. The molecule has 0 aliphatic rings. The third-order valence-corrected chi connectivity index (χ3v) is 6.42. The Hall–Kier alpha value is -2.05. The van der Waals surface area contributed by atoms with Crippen LogP contribution in [0.2, 0.25) is 0 Å². The molecule has 0 unspecified atom stereocenters. The fourth-order valence-electron chi connectivity index (χ4n) is 3.94. The first-order valence-electron chi connectivity index (χ1n) is 12.9. The van der Waals surface area contributed by atoms with Crippen LogP contribution < -0.4 is 4.74 Å². The van der Waals surface area contributed by atoms with Gasteiger partial charge in [0, 0.05) is 0 Å². The van der Waals surface area contributed by atoms with E-state index in [-0.39, 0.29) is 19.4 Å². The van der Waals surface area contributed by atoms with E-state index in [1.807, 2.05) is 0 Å². The van der Waals surface area contributed by atoms with E-state index in [9.17, 15) is 22.8 Å². The van der Waals surface area contributed by atoms with E-state index < -0.39 is 40.6 Å². The summed E-state index contributed by atoms with van der Waals surface area (Å²) in [4.78, 5) is 25.4. The lowest BCUT2D eigenvalue weighted by Gasteiger charge is -2.26. The molecule has 0 heterocycles. The molecule has 0 atom stereocenters. The van der Waals surface area contributed by atoms with E-state index in [1.165, 1.54) is 51.4 Å². The summed E-state index contributed by atoms with van der Waals surface area (Å²) >= 11 is 0. The highest BCUT2D eigenvalue weighted by Crippen LogP contribution is 2.32. The van der Waals surface area contributed by atoms with Gasteiger partial charge in [0.05, 0.1) is 6.61 Å². The molecule has 1 rings (SSSR count). The highest BCUT2D eigenvalue weighted by atomic mass is 19.2. The fraction of sp³-hybridized carbons (Fsp3) is 0.704. The van der Waals surface area contributed by atoms with Crippen molar-refractivity contribution in [3.05, 3.63) is 29.6 Å². The van der Waals surface area contributed by atoms with Crippen LogP contribution in [-0.2, 0) is 14.3 Å². The van der Waals surface area contributed by atoms with Crippen molar-refractivity contribution >= 4 is 11.9 Å². The van der Waals surface area contributed by atoms with Gasteiger partial charge in [-0.3, -0.25) is 9.59 Å². The molecular formula is C27H41F3O4. The Morgan fingerprint density at radius 1 is 0.706 bits per heavy atom. The molecule has 0 spiro atoms. The van der Waals surface area contributed by atoms with E-state index in [1.54, 1.807) is 13.8 Å². The zero-order chi connectivity index (χ0) is 25.4. The Morgan fingerprint density at radius 2 is 1.21 bits per heavy atom. The molecule has 1 aromatic rings. The Balaban J connectivity index is 2.37. The standard InChI is InChI=1S/C27H41F3O4/c1-4-7-8-9-10-11-12-13-14-15-16-17-20-33-25(31)27(5-2,6-3)26(32)34-22-19-18-21(28)23(29)24(22)30/h18-19H,4-17,20H2,1-3H3. The van der Waals surface area contributed by atoms with Crippen LogP contribution in [0.4, 0.5) is 13.2 Å². The molecule has 194 valence electrons. The number of rotatable bonds is 18. The van der Waals surface area contributed by atoms with Gasteiger partial charge in [0.25, 0.3) is 0 Å². The van der Waals surface area contributed by atoms with Crippen molar-refractivity contribution in [3.63, 3.8) is 0 Å². The van der Waals surface area contributed by atoms with E-state index in [0.29, 0.717) is 12.5 Å². The quantitative estimate of drug-likeness (QED) is 0.0692. The second kappa shape index (κ2) is 16.6. The van der Waals surface area contributed by atoms with Gasteiger partial charge in [-0.2, -0.15) is 4.39 Å². The minimum atomic E-state index is -1.74. The van der Waals surface area contributed by atoms with Crippen LogP contribution in [-0.4, -0.2) is 18.5 Å². The molecule has 1 aromatic carbocycles. The summed E-state index contributed by atoms with van der Waals surface area (Å²) in [7, 11) is 0. The minimum absolute atomic E-state index is 0.0743. The van der Waals surface area contributed by atoms with E-state index in [4.69, 9.17) is 9.47 Å². The van der Waals surface area contributed by atoms with Crippen molar-refractivity contribution in [3.8, 4) is 5.75 Å². The smallest absolute Gasteiger partial charge is 0.328 e. The van der Waals surface area contributed by atoms with Crippen molar-refractivity contribution in [1.29, 1.82) is 0 Å². The Kier molecular flexibility index (Phi) is 14.6. The van der Waals surface area contributed by atoms with E-state index in [0.717, 1.165) is 25.3 Å². The molecule has 0 saturated carbocycles. The lowest BCUT2D eigenvalue weighted by atomic mass is 9.82. The maximum atomic E-state index is 13.9. The first-order chi connectivity index (χ1) is 16.3. The molecule has 0 radical (unpaired) electrons. The van der Waals surface area contributed by atoms with Gasteiger partial charge in [0.2, 0.25) is 5.82 Å². The predicted molar refractivity (Wildman–Crippen MR) is 127 cm³/mol. The minimum Gasteiger partial charge on any atom is -0.465 e. The second-order valence-corrected chi connectivity index (χ2v) is 8.88. The lowest BCUT2D eigenvalue weighted by Crippen LogP contribution is -2.42. The molecule has 0 aliphatic heterocycles. The van der Waals surface area contributed by atoms with Crippen LogP contribution in [0.3, 0.4) is 0 Å². The van der Waals surface area contributed by atoms with E-state index >= 15 is 0 Å². The molecular weight excluding hydrogens is 445 g/mol. The van der Waals surface area contributed by atoms with Crippen molar-refractivity contribution < 1.29 is 32.2 Å². The van der Waals surface area contributed by atoms with Gasteiger partial charge in [0.1, 0.15) is 0 Å². The third kappa shape index (κ3) is 9.30. The maximum Gasteiger partial charge on any atom is 0.328 e. The molecule has 0 fully saturated rings. The third-order valence-electron chi connectivity index (χ3n) is 6.42. The van der Waals surface area contributed by atoms with Gasteiger partial charge in [-0.1, -0.05) is 91.4 Å². The second-order valence-electron chi connectivity index (χ2n) is 8.88. The van der Waals surface area contributed by atoms with Crippen LogP contribution in [0, 0.1) is 22.9 Å². The average Bonchev–Trinajstić information content (AvgIpc) is 2.83. The lowest BCUT2D eigenvalue weighted by molar-refractivity contribution is -0.168. The van der Waals surface area contributed by atoms with Crippen LogP contribution >= 0.6 is 0 Å². The van der Waals surface area contributed by atoms with Gasteiger partial charge < -0.3 is 9.47 Å². The topological polar surface area (TPSA) is 52.6 Å². The van der Waals surface area contributed by atoms with E-state index in [2.05, 4.69) is 6.92 Å². The number of carbonyl (C=O) groups excluding carboxylic acids is 2. The number of unbranched alkanes of at least 4 members (excludes halogenated alkanes) is 11. The normalized spacial score (nSPS) is 11.5. The van der Waals surface area contributed by atoms with Gasteiger partial charge in [0.15, 0.2) is 22.8 Å². The van der Waals surface area contributed by atoms with Crippen LogP contribution in [0.25, 0.3) is 0 Å². The highest BCUT2D eigenvalue weighted by Gasteiger charge is 2.46. The van der Waals surface area contributed by atoms with Crippen LogP contribution in [0.15, 0.2) is 12.1 Å². The summed E-state index contributed by atoms with van der Waals surface area (Å²) < 4.78 is 50.7. The number of esters is 2. The number of ether oxygens (including phenoxy) is 2. The number of halogens is 3. The largest absolute Gasteiger partial charge is 0.465 e. The summed E-state index contributed by atoms with van der Waals surface area (Å²) in [5, 5.41) is 0. The summed E-state index contributed by atoms with van der Waals surface area (Å²) in [5.41, 5.74) is -1.63.